The van der Waals surface area contributed by atoms with Crippen molar-refractivity contribution in [1.29, 1.82) is 0 Å². The second-order valence-corrected chi connectivity index (χ2v) is 6.77. The topological polar surface area (TPSA) is 40.6 Å². The van der Waals surface area contributed by atoms with Gasteiger partial charge in [0.1, 0.15) is 0 Å². The van der Waals surface area contributed by atoms with Gasteiger partial charge in [-0.15, -0.1) is 0 Å². The molecule has 0 aliphatic carbocycles. The highest BCUT2D eigenvalue weighted by Crippen LogP contribution is 2.19. The van der Waals surface area contributed by atoms with Crippen LogP contribution in [-0.4, -0.2) is 56.1 Å². The lowest BCUT2D eigenvalue weighted by Gasteiger charge is -2.17. The van der Waals surface area contributed by atoms with Gasteiger partial charge in [0.05, 0.1) is 18.8 Å². The largest absolute Gasteiger partial charge is 0.292 e. The van der Waals surface area contributed by atoms with Gasteiger partial charge in [0.25, 0.3) is 0 Å². The van der Waals surface area contributed by atoms with Crippen LogP contribution in [0, 0.1) is 11.8 Å². The van der Waals surface area contributed by atoms with E-state index in [2.05, 4.69) is 16.7 Å². The van der Waals surface area contributed by atoms with E-state index in [0.717, 1.165) is 32.5 Å². The van der Waals surface area contributed by atoms with Crippen LogP contribution in [0.1, 0.15) is 25.7 Å². The van der Waals surface area contributed by atoms with Crippen LogP contribution in [0.3, 0.4) is 0 Å². The van der Waals surface area contributed by atoms with Gasteiger partial charge in [-0.25, -0.2) is 8.42 Å². The minimum absolute atomic E-state index is 0.0902. The van der Waals surface area contributed by atoms with Gasteiger partial charge in [0.2, 0.25) is 10.0 Å². The van der Waals surface area contributed by atoms with Crippen LogP contribution in [0.4, 0.5) is 0 Å². The zero-order valence-electron chi connectivity index (χ0n) is 10.4. The average Bonchev–Trinajstić information content (AvgIpc) is 2.86. The lowest BCUT2D eigenvalue weighted by Crippen LogP contribution is -2.33. The third kappa shape index (κ3) is 3.44. The molecule has 1 atom stereocenters. The summed E-state index contributed by atoms with van der Waals surface area (Å²) in [6.07, 6.45) is 5.60. The maximum Gasteiger partial charge on any atom is 0.212 e. The first-order valence-electron chi connectivity index (χ1n) is 6.25. The van der Waals surface area contributed by atoms with E-state index in [4.69, 9.17) is 0 Å². The van der Waals surface area contributed by atoms with E-state index in [1.807, 2.05) is 0 Å². The van der Waals surface area contributed by atoms with Crippen LogP contribution in [0.25, 0.3) is 0 Å². The Morgan fingerprint density at radius 3 is 2.53 bits per heavy atom. The fourth-order valence-electron chi connectivity index (χ4n) is 2.50. The first kappa shape index (κ1) is 12.9. The molecule has 0 aromatic carbocycles. The first-order chi connectivity index (χ1) is 8.07. The standard InChI is InChI=1S/C12H20N2O2S/c1-17(15,16)14-11-5-7-12(14)6-4-10-13-8-2-3-9-13/h12H,2-3,5,7-11H2,1H3/t12-/m1/s1. The molecule has 0 spiro atoms. The van der Waals surface area contributed by atoms with Crippen molar-refractivity contribution in [2.45, 2.75) is 31.7 Å². The van der Waals surface area contributed by atoms with E-state index in [1.54, 1.807) is 0 Å². The van der Waals surface area contributed by atoms with Crippen LogP contribution in [0.2, 0.25) is 0 Å². The average molecular weight is 256 g/mol. The minimum Gasteiger partial charge on any atom is -0.292 e. The van der Waals surface area contributed by atoms with Gasteiger partial charge in [-0.2, -0.15) is 4.31 Å². The highest BCUT2D eigenvalue weighted by molar-refractivity contribution is 7.88. The molecule has 2 rings (SSSR count). The molecule has 0 aromatic heterocycles. The first-order valence-corrected chi connectivity index (χ1v) is 8.10. The molecule has 2 saturated heterocycles. The maximum atomic E-state index is 11.5. The Morgan fingerprint density at radius 1 is 1.18 bits per heavy atom. The van der Waals surface area contributed by atoms with E-state index < -0.39 is 10.0 Å². The molecular weight excluding hydrogens is 236 g/mol. The lowest BCUT2D eigenvalue weighted by atomic mass is 10.2. The summed E-state index contributed by atoms with van der Waals surface area (Å²) in [6, 6.07) is -0.0902. The number of hydrogen-bond acceptors (Lipinski definition) is 3. The summed E-state index contributed by atoms with van der Waals surface area (Å²) in [7, 11) is -3.08. The van der Waals surface area contributed by atoms with Gasteiger partial charge in [0, 0.05) is 6.54 Å². The van der Waals surface area contributed by atoms with E-state index in [-0.39, 0.29) is 6.04 Å². The number of rotatable bonds is 2. The van der Waals surface area contributed by atoms with E-state index in [9.17, 15) is 8.42 Å². The molecule has 0 bridgehead atoms. The van der Waals surface area contributed by atoms with Crippen molar-refractivity contribution in [2.24, 2.45) is 0 Å². The third-order valence-electron chi connectivity index (χ3n) is 3.40. The molecule has 96 valence electrons. The van der Waals surface area contributed by atoms with Gasteiger partial charge < -0.3 is 0 Å². The fourth-order valence-corrected chi connectivity index (χ4v) is 3.58. The van der Waals surface area contributed by atoms with Crippen molar-refractivity contribution >= 4 is 10.0 Å². The van der Waals surface area contributed by atoms with Gasteiger partial charge in [-0.05, 0) is 38.8 Å². The van der Waals surface area contributed by atoms with Gasteiger partial charge in [-0.1, -0.05) is 11.8 Å². The summed E-state index contributed by atoms with van der Waals surface area (Å²) in [5.74, 6) is 6.26. The summed E-state index contributed by atoms with van der Waals surface area (Å²) in [5, 5.41) is 0. The smallest absolute Gasteiger partial charge is 0.212 e. The van der Waals surface area contributed by atoms with Crippen LogP contribution in [0.15, 0.2) is 0 Å². The maximum absolute atomic E-state index is 11.5. The number of nitrogens with zero attached hydrogens (tertiary/aromatic N) is 2. The molecule has 2 heterocycles. The van der Waals surface area contributed by atoms with E-state index in [0.29, 0.717) is 6.54 Å². The fraction of sp³-hybridized carbons (Fsp3) is 0.833. The molecular formula is C12H20N2O2S. The lowest BCUT2D eigenvalue weighted by molar-refractivity contribution is 0.382. The molecule has 0 radical (unpaired) electrons. The third-order valence-corrected chi connectivity index (χ3v) is 4.69. The summed E-state index contributed by atoms with van der Waals surface area (Å²) in [5.41, 5.74) is 0. The molecule has 0 N–H and O–H groups in total. The molecule has 2 fully saturated rings. The number of sulfonamides is 1. The molecule has 0 aromatic rings. The Kier molecular flexibility index (Phi) is 4.08. The van der Waals surface area contributed by atoms with E-state index in [1.165, 1.54) is 23.4 Å². The molecule has 2 aliphatic rings. The number of likely N-dealkylation sites (tertiary alicyclic amines) is 1. The van der Waals surface area contributed by atoms with Crippen LogP contribution in [0.5, 0.6) is 0 Å². The molecule has 17 heavy (non-hydrogen) atoms. The predicted octanol–water partition coefficient (Wildman–Crippen LogP) is 0.510. The Hall–Kier alpha value is -0.570. The summed E-state index contributed by atoms with van der Waals surface area (Å²) < 4.78 is 24.6. The second kappa shape index (κ2) is 5.38. The van der Waals surface area contributed by atoms with Crippen LogP contribution >= 0.6 is 0 Å². The molecule has 0 amide bonds. The van der Waals surface area contributed by atoms with Crippen molar-refractivity contribution in [3.8, 4) is 11.8 Å². The zero-order valence-corrected chi connectivity index (χ0v) is 11.2. The number of hydrogen-bond donors (Lipinski definition) is 0. The molecule has 0 unspecified atom stereocenters. The summed E-state index contributed by atoms with van der Waals surface area (Å²) in [6.45, 7) is 3.68. The molecule has 0 saturated carbocycles. The quantitative estimate of drug-likeness (QED) is 0.676. The molecule has 2 aliphatic heterocycles. The van der Waals surface area contributed by atoms with Crippen molar-refractivity contribution in [2.75, 3.05) is 32.4 Å². The van der Waals surface area contributed by atoms with Gasteiger partial charge >= 0.3 is 0 Å². The van der Waals surface area contributed by atoms with Crippen molar-refractivity contribution in [3.63, 3.8) is 0 Å². The predicted molar refractivity (Wildman–Crippen MR) is 68.0 cm³/mol. The Bertz CT molecular complexity index is 416. The van der Waals surface area contributed by atoms with E-state index >= 15 is 0 Å². The Balaban J connectivity index is 1.91. The highest BCUT2D eigenvalue weighted by atomic mass is 32.2. The highest BCUT2D eigenvalue weighted by Gasteiger charge is 2.29. The van der Waals surface area contributed by atoms with Crippen molar-refractivity contribution in [1.82, 2.24) is 9.21 Å². The Morgan fingerprint density at radius 2 is 1.88 bits per heavy atom. The normalized spacial score (nSPS) is 27.0. The SMILES string of the molecule is CS(=O)(=O)N1CCC[C@H]1C#CCN1CCCC1. The van der Waals surface area contributed by atoms with Crippen molar-refractivity contribution in [3.05, 3.63) is 0 Å². The molecule has 5 heteroatoms. The minimum atomic E-state index is -3.08. The monoisotopic (exact) mass is 256 g/mol. The molecule has 4 nitrogen and oxygen atoms in total. The summed E-state index contributed by atoms with van der Waals surface area (Å²) in [4.78, 5) is 2.33. The van der Waals surface area contributed by atoms with Crippen molar-refractivity contribution < 1.29 is 8.42 Å². The second-order valence-electron chi connectivity index (χ2n) is 4.84. The zero-order chi connectivity index (χ0) is 12.3. The Labute approximate surface area is 104 Å². The van der Waals surface area contributed by atoms with Gasteiger partial charge in [0.15, 0.2) is 0 Å². The van der Waals surface area contributed by atoms with Crippen LogP contribution in [-0.2, 0) is 10.0 Å². The van der Waals surface area contributed by atoms with Gasteiger partial charge in [-0.3, -0.25) is 4.90 Å². The van der Waals surface area contributed by atoms with Crippen LogP contribution < -0.4 is 0 Å². The summed E-state index contributed by atoms with van der Waals surface area (Å²) >= 11 is 0.